The summed E-state index contributed by atoms with van der Waals surface area (Å²) in [7, 11) is 0. The maximum Gasteiger partial charge on any atom is 0.241 e. The van der Waals surface area contributed by atoms with Crippen LogP contribution in [0, 0.1) is 17.1 Å². The topological polar surface area (TPSA) is 47.3 Å². The second kappa shape index (κ2) is 9.12. The monoisotopic (exact) mass is 429 g/mol. The zero-order valence-electron chi connectivity index (χ0n) is 14.9. The van der Waals surface area contributed by atoms with E-state index in [1.54, 1.807) is 18.2 Å². The standard InChI is InChI=1S/C21H21BrFN3O/c22-17-7-3-6-16(14-17)19-10-4-12-25(19)15-21(27)26(13-5-11-24)20-9-2-1-8-18(20)23/h1-3,6-9,14,19H,4-5,10,12-13,15H2/t19-/m0/s1. The minimum absolute atomic E-state index is 0.162. The van der Waals surface area contributed by atoms with E-state index in [9.17, 15) is 9.18 Å². The number of likely N-dealkylation sites (tertiary alicyclic amines) is 1. The molecule has 6 heteroatoms. The summed E-state index contributed by atoms with van der Waals surface area (Å²) in [5, 5.41) is 8.92. The fourth-order valence-electron chi connectivity index (χ4n) is 3.58. The lowest BCUT2D eigenvalue weighted by atomic mass is 10.0. The van der Waals surface area contributed by atoms with Gasteiger partial charge in [-0.1, -0.05) is 40.2 Å². The number of benzene rings is 2. The number of anilines is 1. The van der Waals surface area contributed by atoms with Gasteiger partial charge in [-0.05, 0) is 49.2 Å². The van der Waals surface area contributed by atoms with Crippen molar-refractivity contribution in [1.82, 2.24) is 4.90 Å². The number of halogens is 2. The molecule has 2 aromatic rings. The van der Waals surface area contributed by atoms with E-state index < -0.39 is 5.82 Å². The number of nitrogens with zero attached hydrogens (tertiary/aromatic N) is 3. The molecule has 1 aliphatic rings. The van der Waals surface area contributed by atoms with E-state index in [1.165, 1.54) is 16.5 Å². The van der Waals surface area contributed by atoms with E-state index in [4.69, 9.17) is 5.26 Å². The predicted molar refractivity (Wildman–Crippen MR) is 107 cm³/mol. The van der Waals surface area contributed by atoms with Crippen LogP contribution in [0.2, 0.25) is 0 Å². The maximum atomic E-state index is 14.2. The van der Waals surface area contributed by atoms with Crippen molar-refractivity contribution >= 4 is 27.5 Å². The summed E-state index contributed by atoms with van der Waals surface area (Å²) in [6.07, 6.45) is 2.17. The fourth-order valence-corrected chi connectivity index (χ4v) is 3.99. The molecule has 27 heavy (non-hydrogen) atoms. The minimum atomic E-state index is -0.450. The molecule has 1 atom stereocenters. The third-order valence-corrected chi connectivity index (χ3v) is 5.32. The van der Waals surface area contributed by atoms with Crippen LogP contribution in [0.15, 0.2) is 53.0 Å². The van der Waals surface area contributed by atoms with Crippen molar-refractivity contribution in [1.29, 1.82) is 5.26 Å². The van der Waals surface area contributed by atoms with Crippen molar-refractivity contribution in [3.63, 3.8) is 0 Å². The molecule has 1 heterocycles. The quantitative estimate of drug-likeness (QED) is 0.669. The van der Waals surface area contributed by atoms with Crippen molar-refractivity contribution < 1.29 is 9.18 Å². The van der Waals surface area contributed by atoms with E-state index in [0.29, 0.717) is 0 Å². The zero-order chi connectivity index (χ0) is 19.2. The van der Waals surface area contributed by atoms with Crippen LogP contribution < -0.4 is 4.90 Å². The molecule has 0 N–H and O–H groups in total. The summed E-state index contributed by atoms with van der Waals surface area (Å²) in [5.74, 6) is -0.633. The van der Waals surface area contributed by atoms with Crippen LogP contribution in [-0.4, -0.2) is 30.4 Å². The van der Waals surface area contributed by atoms with Gasteiger partial charge in [0.25, 0.3) is 0 Å². The first-order valence-corrected chi connectivity index (χ1v) is 9.81. The second-order valence-corrected chi connectivity index (χ2v) is 7.50. The molecule has 0 saturated carbocycles. The van der Waals surface area contributed by atoms with Crippen molar-refractivity contribution in [2.75, 3.05) is 24.5 Å². The van der Waals surface area contributed by atoms with Gasteiger partial charge in [0.2, 0.25) is 5.91 Å². The highest BCUT2D eigenvalue weighted by molar-refractivity contribution is 9.10. The van der Waals surface area contributed by atoms with Crippen LogP contribution in [0.5, 0.6) is 0 Å². The maximum absolute atomic E-state index is 14.2. The third-order valence-electron chi connectivity index (χ3n) is 4.83. The smallest absolute Gasteiger partial charge is 0.241 e. The Bertz CT molecular complexity index is 851. The number of rotatable bonds is 6. The molecule has 140 valence electrons. The third kappa shape index (κ3) is 4.74. The average Bonchev–Trinajstić information content (AvgIpc) is 3.11. The van der Waals surface area contributed by atoms with Gasteiger partial charge in [-0.3, -0.25) is 9.69 Å². The molecule has 4 nitrogen and oxygen atoms in total. The average molecular weight is 430 g/mol. The molecule has 1 amide bonds. The van der Waals surface area contributed by atoms with Gasteiger partial charge >= 0.3 is 0 Å². The summed E-state index contributed by atoms with van der Waals surface area (Å²) in [6, 6.07) is 16.6. The molecule has 0 unspecified atom stereocenters. The number of nitriles is 1. The summed E-state index contributed by atoms with van der Waals surface area (Å²) in [6.45, 7) is 1.22. The Hall–Kier alpha value is -2.23. The highest BCUT2D eigenvalue weighted by Crippen LogP contribution is 2.33. The van der Waals surface area contributed by atoms with Crippen LogP contribution in [-0.2, 0) is 4.79 Å². The largest absolute Gasteiger partial charge is 0.308 e. The fraction of sp³-hybridized carbons (Fsp3) is 0.333. The first-order chi connectivity index (χ1) is 13.1. The molecule has 1 saturated heterocycles. The van der Waals surface area contributed by atoms with E-state index in [-0.39, 0.29) is 37.1 Å². The Morgan fingerprint density at radius 2 is 2.11 bits per heavy atom. The SMILES string of the molecule is N#CCCN(C(=O)CN1CCC[C@H]1c1cccc(Br)c1)c1ccccc1F. The van der Waals surface area contributed by atoms with Gasteiger partial charge in [-0.2, -0.15) is 5.26 Å². The summed E-state index contributed by atoms with van der Waals surface area (Å²) >= 11 is 3.50. The van der Waals surface area contributed by atoms with Crippen molar-refractivity contribution in [3.8, 4) is 6.07 Å². The summed E-state index contributed by atoms with van der Waals surface area (Å²) < 4.78 is 15.2. The molecule has 0 bridgehead atoms. The number of carbonyl (C=O) groups excluding carboxylic acids is 1. The summed E-state index contributed by atoms with van der Waals surface area (Å²) in [5.41, 5.74) is 1.40. The van der Waals surface area contributed by atoms with Gasteiger partial charge < -0.3 is 4.90 Å². The van der Waals surface area contributed by atoms with E-state index in [1.807, 2.05) is 18.2 Å². The highest BCUT2D eigenvalue weighted by Gasteiger charge is 2.30. The van der Waals surface area contributed by atoms with E-state index in [0.717, 1.165) is 23.9 Å². The Kier molecular flexibility index (Phi) is 6.59. The molecule has 0 spiro atoms. The molecule has 3 rings (SSSR count). The van der Waals surface area contributed by atoms with Gasteiger partial charge in [0.1, 0.15) is 5.82 Å². The zero-order valence-corrected chi connectivity index (χ0v) is 16.5. The van der Waals surface area contributed by atoms with Gasteiger partial charge in [0.05, 0.1) is 24.7 Å². The van der Waals surface area contributed by atoms with E-state index in [2.05, 4.69) is 33.0 Å². The number of carbonyl (C=O) groups is 1. The van der Waals surface area contributed by atoms with Crippen LogP contribution in [0.25, 0.3) is 0 Å². The van der Waals surface area contributed by atoms with Crippen molar-refractivity contribution in [2.24, 2.45) is 0 Å². The molecule has 0 aromatic heterocycles. The van der Waals surface area contributed by atoms with Crippen LogP contribution in [0.1, 0.15) is 30.9 Å². The van der Waals surface area contributed by atoms with Gasteiger partial charge in [0.15, 0.2) is 0 Å². The van der Waals surface area contributed by atoms with E-state index >= 15 is 0 Å². The second-order valence-electron chi connectivity index (χ2n) is 6.59. The van der Waals surface area contributed by atoms with Gasteiger partial charge in [-0.25, -0.2) is 4.39 Å². The Labute approximate surface area is 167 Å². The highest BCUT2D eigenvalue weighted by atomic mass is 79.9. The molecule has 1 aliphatic heterocycles. The Morgan fingerprint density at radius 3 is 2.85 bits per heavy atom. The number of amides is 1. The lowest BCUT2D eigenvalue weighted by molar-refractivity contribution is -0.120. The lowest BCUT2D eigenvalue weighted by Crippen LogP contribution is -2.41. The van der Waals surface area contributed by atoms with Crippen LogP contribution in [0.4, 0.5) is 10.1 Å². The normalized spacial score (nSPS) is 16.9. The van der Waals surface area contributed by atoms with Crippen LogP contribution >= 0.6 is 15.9 Å². The van der Waals surface area contributed by atoms with Gasteiger partial charge in [-0.15, -0.1) is 0 Å². The van der Waals surface area contributed by atoms with Crippen LogP contribution in [0.3, 0.4) is 0 Å². The van der Waals surface area contributed by atoms with Crippen molar-refractivity contribution in [3.05, 3.63) is 64.4 Å². The molecule has 1 fully saturated rings. The van der Waals surface area contributed by atoms with Crippen molar-refractivity contribution in [2.45, 2.75) is 25.3 Å². The van der Waals surface area contributed by atoms with Gasteiger partial charge in [0, 0.05) is 17.1 Å². The first kappa shape index (κ1) is 19.5. The Morgan fingerprint density at radius 1 is 1.30 bits per heavy atom. The lowest BCUT2D eigenvalue weighted by Gasteiger charge is -2.28. The molecule has 0 aliphatic carbocycles. The molecular weight excluding hydrogens is 409 g/mol. The number of hydrogen-bond acceptors (Lipinski definition) is 3. The number of para-hydroxylation sites is 1. The molecule has 0 radical (unpaired) electrons. The molecular formula is C21H21BrFN3O. The molecule has 2 aromatic carbocycles. The minimum Gasteiger partial charge on any atom is -0.308 e. The number of hydrogen-bond donors (Lipinski definition) is 0. The predicted octanol–water partition coefficient (Wildman–Crippen LogP) is 4.67. The first-order valence-electron chi connectivity index (χ1n) is 9.01. The Balaban J connectivity index is 1.78. The summed E-state index contributed by atoms with van der Waals surface area (Å²) in [4.78, 5) is 16.5.